The average Bonchev–Trinajstić information content (AvgIpc) is 3.01. The highest BCUT2D eigenvalue weighted by molar-refractivity contribution is 5.64. The Hall–Kier alpha value is -2.07. The first-order valence-electron chi connectivity index (χ1n) is 7.42. The molecule has 1 fully saturated rings. The smallest absolute Gasteiger partial charge is 0.213 e. The molecule has 4 heteroatoms. The fourth-order valence-electron chi connectivity index (χ4n) is 2.61. The van der Waals surface area contributed by atoms with E-state index in [1.165, 1.54) is 25.9 Å². The van der Waals surface area contributed by atoms with Crippen LogP contribution >= 0.6 is 0 Å². The van der Waals surface area contributed by atoms with Crippen molar-refractivity contribution >= 4 is 0 Å². The lowest BCUT2D eigenvalue weighted by Gasteiger charge is -2.14. The van der Waals surface area contributed by atoms with Gasteiger partial charge in [-0.3, -0.25) is 4.90 Å². The molecule has 4 nitrogen and oxygen atoms in total. The van der Waals surface area contributed by atoms with E-state index in [1.807, 2.05) is 24.3 Å². The molecule has 2 heterocycles. The molecular formula is C17H20N2O2. The van der Waals surface area contributed by atoms with Gasteiger partial charge in [0.05, 0.1) is 0 Å². The molecule has 1 aliphatic rings. The standard InChI is InChI=1S/C17H20N2O2/c20-16-5-3-4-14(12-16)15-6-7-17(18-13-15)21-11-10-19-8-1-2-9-19/h3-7,12-13,20H,1-2,8-11H2. The van der Waals surface area contributed by atoms with Crippen molar-refractivity contribution in [1.82, 2.24) is 9.88 Å². The second-order valence-electron chi connectivity index (χ2n) is 5.33. The fourth-order valence-corrected chi connectivity index (χ4v) is 2.61. The quantitative estimate of drug-likeness (QED) is 0.917. The van der Waals surface area contributed by atoms with Crippen molar-refractivity contribution in [2.24, 2.45) is 0 Å². The minimum Gasteiger partial charge on any atom is -0.508 e. The number of pyridine rings is 1. The van der Waals surface area contributed by atoms with E-state index in [2.05, 4.69) is 9.88 Å². The van der Waals surface area contributed by atoms with Crippen LogP contribution in [0.5, 0.6) is 11.6 Å². The minimum atomic E-state index is 0.262. The van der Waals surface area contributed by atoms with Gasteiger partial charge in [-0.1, -0.05) is 12.1 Å². The van der Waals surface area contributed by atoms with Crippen molar-refractivity contribution in [1.29, 1.82) is 0 Å². The van der Waals surface area contributed by atoms with E-state index in [-0.39, 0.29) is 5.75 Å². The van der Waals surface area contributed by atoms with Crippen LogP contribution in [0.15, 0.2) is 42.6 Å². The minimum absolute atomic E-state index is 0.262. The number of phenols is 1. The molecule has 0 atom stereocenters. The monoisotopic (exact) mass is 284 g/mol. The lowest BCUT2D eigenvalue weighted by molar-refractivity contribution is 0.232. The molecule has 0 bridgehead atoms. The van der Waals surface area contributed by atoms with Crippen molar-refractivity contribution in [3.63, 3.8) is 0 Å². The molecule has 1 aromatic carbocycles. The van der Waals surface area contributed by atoms with Gasteiger partial charge >= 0.3 is 0 Å². The van der Waals surface area contributed by atoms with Gasteiger partial charge in [-0.05, 0) is 49.7 Å². The third-order valence-corrected chi connectivity index (χ3v) is 3.77. The molecule has 1 aliphatic heterocycles. The van der Waals surface area contributed by atoms with E-state index in [0.29, 0.717) is 12.5 Å². The van der Waals surface area contributed by atoms with Crippen molar-refractivity contribution in [3.8, 4) is 22.8 Å². The number of aromatic nitrogens is 1. The van der Waals surface area contributed by atoms with Crippen LogP contribution in [0.4, 0.5) is 0 Å². The molecule has 0 spiro atoms. The van der Waals surface area contributed by atoms with Gasteiger partial charge in [0.25, 0.3) is 0 Å². The number of hydrogen-bond donors (Lipinski definition) is 1. The largest absolute Gasteiger partial charge is 0.508 e. The zero-order chi connectivity index (χ0) is 14.5. The van der Waals surface area contributed by atoms with Gasteiger partial charge in [0.2, 0.25) is 5.88 Å². The first kappa shape index (κ1) is 13.9. The molecule has 1 N–H and O–H groups in total. The first-order chi connectivity index (χ1) is 10.3. The average molecular weight is 284 g/mol. The van der Waals surface area contributed by atoms with Crippen LogP contribution in [0, 0.1) is 0 Å². The Kier molecular flexibility index (Phi) is 4.36. The molecular weight excluding hydrogens is 264 g/mol. The molecule has 3 rings (SSSR count). The lowest BCUT2D eigenvalue weighted by Crippen LogP contribution is -2.25. The van der Waals surface area contributed by atoms with E-state index >= 15 is 0 Å². The van der Waals surface area contributed by atoms with E-state index < -0.39 is 0 Å². The van der Waals surface area contributed by atoms with E-state index in [1.54, 1.807) is 18.3 Å². The molecule has 110 valence electrons. The maximum atomic E-state index is 9.50. The van der Waals surface area contributed by atoms with Crippen LogP contribution in [0.1, 0.15) is 12.8 Å². The number of nitrogens with zero attached hydrogens (tertiary/aromatic N) is 2. The Morgan fingerprint density at radius 1 is 1.10 bits per heavy atom. The normalized spacial score (nSPS) is 15.2. The van der Waals surface area contributed by atoms with E-state index in [0.717, 1.165) is 17.7 Å². The first-order valence-corrected chi connectivity index (χ1v) is 7.42. The molecule has 0 unspecified atom stereocenters. The summed E-state index contributed by atoms with van der Waals surface area (Å²) in [6.45, 7) is 4.02. The van der Waals surface area contributed by atoms with Gasteiger partial charge in [0.1, 0.15) is 12.4 Å². The number of ether oxygens (including phenoxy) is 1. The highest BCUT2D eigenvalue weighted by atomic mass is 16.5. The van der Waals surface area contributed by atoms with Gasteiger partial charge in [0.15, 0.2) is 0 Å². The van der Waals surface area contributed by atoms with Crippen molar-refractivity contribution in [2.45, 2.75) is 12.8 Å². The van der Waals surface area contributed by atoms with Crippen molar-refractivity contribution < 1.29 is 9.84 Å². The SMILES string of the molecule is Oc1cccc(-c2ccc(OCCN3CCCC3)nc2)c1. The third-order valence-electron chi connectivity index (χ3n) is 3.77. The summed E-state index contributed by atoms with van der Waals surface area (Å²) < 4.78 is 5.68. The number of aromatic hydroxyl groups is 1. The zero-order valence-corrected chi connectivity index (χ0v) is 12.0. The summed E-state index contributed by atoms with van der Waals surface area (Å²) in [6, 6.07) is 11.0. The van der Waals surface area contributed by atoms with Gasteiger partial charge in [-0.15, -0.1) is 0 Å². The van der Waals surface area contributed by atoms with Gasteiger partial charge in [0, 0.05) is 24.4 Å². The Balaban J connectivity index is 1.56. The van der Waals surface area contributed by atoms with Crippen LogP contribution < -0.4 is 4.74 Å². The van der Waals surface area contributed by atoms with Gasteiger partial charge in [-0.25, -0.2) is 4.98 Å². The van der Waals surface area contributed by atoms with E-state index in [4.69, 9.17) is 4.74 Å². The Labute approximate surface area is 125 Å². The Morgan fingerprint density at radius 3 is 2.67 bits per heavy atom. The number of phenolic OH excluding ortho intramolecular Hbond substituents is 1. The maximum absolute atomic E-state index is 9.50. The predicted molar refractivity (Wildman–Crippen MR) is 82.5 cm³/mol. The summed E-state index contributed by atoms with van der Waals surface area (Å²) in [6.07, 6.45) is 4.38. The topological polar surface area (TPSA) is 45.6 Å². The van der Waals surface area contributed by atoms with Crippen LogP contribution in [-0.2, 0) is 0 Å². The summed E-state index contributed by atoms with van der Waals surface area (Å²) >= 11 is 0. The van der Waals surface area contributed by atoms with Crippen LogP contribution in [-0.4, -0.2) is 41.2 Å². The Bertz CT molecular complexity index is 578. The van der Waals surface area contributed by atoms with Gasteiger partial charge < -0.3 is 9.84 Å². The highest BCUT2D eigenvalue weighted by Gasteiger charge is 2.10. The predicted octanol–water partition coefficient (Wildman–Crippen LogP) is 2.93. The molecule has 0 radical (unpaired) electrons. The maximum Gasteiger partial charge on any atom is 0.213 e. The van der Waals surface area contributed by atoms with Crippen LogP contribution in [0.2, 0.25) is 0 Å². The van der Waals surface area contributed by atoms with Crippen molar-refractivity contribution in [3.05, 3.63) is 42.6 Å². The van der Waals surface area contributed by atoms with Gasteiger partial charge in [-0.2, -0.15) is 0 Å². The van der Waals surface area contributed by atoms with E-state index in [9.17, 15) is 5.11 Å². The molecule has 0 amide bonds. The third kappa shape index (κ3) is 3.73. The van der Waals surface area contributed by atoms with Crippen LogP contribution in [0.3, 0.4) is 0 Å². The lowest BCUT2D eigenvalue weighted by atomic mass is 10.1. The number of hydrogen-bond acceptors (Lipinski definition) is 4. The summed E-state index contributed by atoms with van der Waals surface area (Å²) in [4.78, 5) is 6.74. The molecule has 0 saturated carbocycles. The number of likely N-dealkylation sites (tertiary alicyclic amines) is 1. The fraction of sp³-hybridized carbons (Fsp3) is 0.353. The molecule has 0 aliphatic carbocycles. The second kappa shape index (κ2) is 6.59. The number of benzene rings is 1. The molecule has 2 aromatic rings. The zero-order valence-electron chi connectivity index (χ0n) is 12.0. The Morgan fingerprint density at radius 2 is 1.95 bits per heavy atom. The summed E-state index contributed by atoms with van der Waals surface area (Å²) in [5, 5.41) is 9.50. The highest BCUT2D eigenvalue weighted by Crippen LogP contribution is 2.23. The summed E-state index contributed by atoms with van der Waals surface area (Å²) in [7, 11) is 0. The molecule has 1 aromatic heterocycles. The second-order valence-corrected chi connectivity index (χ2v) is 5.33. The molecule has 21 heavy (non-hydrogen) atoms. The van der Waals surface area contributed by atoms with Crippen molar-refractivity contribution in [2.75, 3.05) is 26.2 Å². The van der Waals surface area contributed by atoms with Crippen LogP contribution in [0.25, 0.3) is 11.1 Å². The summed E-state index contributed by atoms with van der Waals surface area (Å²) in [5.41, 5.74) is 1.92. The summed E-state index contributed by atoms with van der Waals surface area (Å²) in [5.74, 6) is 0.913. The number of rotatable bonds is 5. The molecule has 1 saturated heterocycles.